The summed E-state index contributed by atoms with van der Waals surface area (Å²) in [6.07, 6.45) is 2.62. The number of halogens is 2. The molecule has 0 atom stereocenters. The molecule has 2 N–H and O–H groups in total. The molecule has 7 nitrogen and oxygen atoms in total. The maximum atomic E-state index is 13.7. The largest absolute Gasteiger partial charge is 0.465 e. The summed E-state index contributed by atoms with van der Waals surface area (Å²) in [6.45, 7) is 0. The van der Waals surface area contributed by atoms with Crippen LogP contribution in [0, 0.1) is 11.6 Å². The van der Waals surface area contributed by atoms with Gasteiger partial charge in [-0.05, 0) is 12.1 Å². The van der Waals surface area contributed by atoms with Crippen LogP contribution in [0.4, 0.5) is 14.5 Å². The van der Waals surface area contributed by atoms with Crippen molar-refractivity contribution in [2.24, 2.45) is 0 Å². The topological polar surface area (TPSA) is 89.0 Å². The van der Waals surface area contributed by atoms with Crippen LogP contribution in [0.2, 0.25) is 0 Å². The van der Waals surface area contributed by atoms with E-state index in [9.17, 15) is 18.4 Å². The van der Waals surface area contributed by atoms with E-state index in [0.717, 1.165) is 6.07 Å². The Morgan fingerprint density at radius 3 is 2.83 bits per heavy atom. The molecule has 0 aliphatic carbocycles. The molecule has 2 aliphatic heterocycles. The number of nitrogens with one attached hydrogen (secondary N) is 2. The molecule has 0 bridgehead atoms. The lowest BCUT2D eigenvalue weighted by Gasteiger charge is -2.14. The van der Waals surface area contributed by atoms with Gasteiger partial charge >= 0.3 is 5.97 Å². The lowest BCUT2D eigenvalue weighted by molar-refractivity contribution is 0.0600. The van der Waals surface area contributed by atoms with Crippen LogP contribution < -0.4 is 11.0 Å². The first kappa shape index (κ1) is 14.7. The van der Waals surface area contributed by atoms with Crippen LogP contribution in [-0.2, 0) is 4.74 Å². The summed E-state index contributed by atoms with van der Waals surface area (Å²) in [6, 6.07) is 2.97. The van der Waals surface area contributed by atoms with Gasteiger partial charge in [0.1, 0.15) is 17.1 Å². The highest BCUT2D eigenvalue weighted by Crippen LogP contribution is 2.22. The van der Waals surface area contributed by atoms with Crippen LogP contribution in [-0.4, -0.2) is 28.0 Å². The van der Waals surface area contributed by atoms with Crippen LogP contribution in [0.1, 0.15) is 10.4 Å². The van der Waals surface area contributed by atoms with Gasteiger partial charge < -0.3 is 4.74 Å². The van der Waals surface area contributed by atoms with Gasteiger partial charge in [0.15, 0.2) is 5.82 Å². The predicted molar refractivity (Wildman–Crippen MR) is 76.2 cm³/mol. The number of benzene rings is 1. The van der Waals surface area contributed by atoms with E-state index < -0.39 is 23.2 Å². The van der Waals surface area contributed by atoms with Crippen molar-refractivity contribution < 1.29 is 18.3 Å². The number of rotatable bonds is 3. The molecule has 23 heavy (non-hydrogen) atoms. The number of aromatic amines is 1. The van der Waals surface area contributed by atoms with Gasteiger partial charge in [0.25, 0.3) is 5.56 Å². The van der Waals surface area contributed by atoms with Crippen molar-refractivity contribution in [1.29, 1.82) is 0 Å². The van der Waals surface area contributed by atoms with Gasteiger partial charge in [-0.25, -0.2) is 18.7 Å². The number of carbonyl (C=O) groups is 1. The minimum absolute atomic E-state index is 0.0124. The number of pyridine rings is 1. The minimum atomic E-state index is -0.827. The summed E-state index contributed by atoms with van der Waals surface area (Å²) >= 11 is 0. The summed E-state index contributed by atoms with van der Waals surface area (Å²) in [5.74, 6) is -2.26. The van der Waals surface area contributed by atoms with Crippen LogP contribution >= 0.6 is 0 Å². The molecule has 1 aromatic rings. The van der Waals surface area contributed by atoms with Gasteiger partial charge in [-0.3, -0.25) is 14.9 Å². The summed E-state index contributed by atoms with van der Waals surface area (Å²) in [5, 5.41) is 5.99. The Labute approximate surface area is 127 Å². The number of ether oxygens (including phenoxy) is 1. The Kier molecular flexibility index (Phi) is 3.53. The van der Waals surface area contributed by atoms with Gasteiger partial charge in [-0.2, -0.15) is 5.10 Å². The van der Waals surface area contributed by atoms with E-state index in [1.54, 1.807) is 0 Å². The highest BCUT2D eigenvalue weighted by molar-refractivity contribution is 5.96. The molecule has 9 heteroatoms. The van der Waals surface area contributed by atoms with Gasteiger partial charge in [0.2, 0.25) is 0 Å². The maximum absolute atomic E-state index is 13.7. The van der Waals surface area contributed by atoms with Crippen molar-refractivity contribution in [3.63, 3.8) is 0 Å². The summed E-state index contributed by atoms with van der Waals surface area (Å²) < 4.78 is 32.5. The number of aromatic nitrogens is 3. The fourth-order valence-electron chi connectivity index (χ4n) is 2.08. The van der Waals surface area contributed by atoms with Crippen molar-refractivity contribution in [3.05, 3.63) is 58.1 Å². The van der Waals surface area contributed by atoms with Gasteiger partial charge in [-0.1, -0.05) is 0 Å². The summed E-state index contributed by atoms with van der Waals surface area (Å²) in [7, 11) is 1.18. The zero-order valence-corrected chi connectivity index (χ0v) is 11.8. The number of anilines is 1. The first-order chi connectivity index (χ1) is 11.0. The highest BCUT2D eigenvalue weighted by atomic mass is 19.1. The number of esters is 1. The van der Waals surface area contributed by atoms with Gasteiger partial charge in [-0.15, -0.1) is 0 Å². The van der Waals surface area contributed by atoms with Crippen molar-refractivity contribution in [3.8, 4) is 11.3 Å². The molecule has 118 valence electrons. The molecule has 0 saturated carbocycles. The maximum Gasteiger partial charge on any atom is 0.341 e. The molecule has 3 rings (SSSR count). The highest BCUT2D eigenvalue weighted by Gasteiger charge is 2.22. The summed E-state index contributed by atoms with van der Waals surface area (Å²) in [5.41, 5.74) is 2.33. The van der Waals surface area contributed by atoms with Crippen molar-refractivity contribution in [2.45, 2.75) is 0 Å². The number of fused-ring (bicyclic) bond motifs is 1. The molecule has 0 amide bonds. The molecule has 0 fully saturated rings. The molecular formula is C14H10F2N4O3. The minimum Gasteiger partial charge on any atom is -0.465 e. The Morgan fingerprint density at radius 1 is 1.35 bits per heavy atom. The monoisotopic (exact) mass is 320 g/mol. The average molecular weight is 320 g/mol. The number of methoxy groups -OCH3 is 1. The van der Waals surface area contributed by atoms with Crippen LogP contribution in [0.15, 0.2) is 35.4 Å². The van der Waals surface area contributed by atoms with E-state index in [4.69, 9.17) is 0 Å². The van der Waals surface area contributed by atoms with Crippen LogP contribution in [0.5, 0.6) is 0 Å². The molecule has 1 aromatic carbocycles. The second kappa shape index (κ2) is 5.52. The number of hydrogen-bond donors (Lipinski definition) is 2. The van der Waals surface area contributed by atoms with E-state index in [-0.39, 0.29) is 22.5 Å². The average Bonchev–Trinajstić information content (AvgIpc) is 2.90. The van der Waals surface area contributed by atoms with E-state index in [0.29, 0.717) is 6.07 Å². The second-order valence-electron chi connectivity index (χ2n) is 4.62. The van der Waals surface area contributed by atoms with Crippen molar-refractivity contribution >= 4 is 11.7 Å². The predicted octanol–water partition coefficient (Wildman–Crippen LogP) is 1.62. The van der Waals surface area contributed by atoms with Crippen molar-refractivity contribution in [2.75, 3.05) is 12.5 Å². The van der Waals surface area contributed by atoms with Crippen molar-refractivity contribution in [1.82, 2.24) is 14.9 Å². The third-order valence-electron chi connectivity index (χ3n) is 3.15. The Morgan fingerprint density at radius 2 is 2.13 bits per heavy atom. The summed E-state index contributed by atoms with van der Waals surface area (Å²) in [4.78, 5) is 23.5. The Bertz CT molecular complexity index is 919. The lowest BCUT2D eigenvalue weighted by atomic mass is 10.1. The lowest BCUT2D eigenvalue weighted by Crippen LogP contribution is -2.17. The molecule has 2 aliphatic rings. The number of hydrogen-bond acceptors (Lipinski definition) is 5. The normalized spacial score (nSPS) is 10.7. The third-order valence-corrected chi connectivity index (χ3v) is 3.15. The van der Waals surface area contributed by atoms with Gasteiger partial charge in [0, 0.05) is 18.5 Å². The molecule has 0 unspecified atom stereocenters. The molecule has 0 spiro atoms. The fourth-order valence-corrected chi connectivity index (χ4v) is 2.08. The molecular weight excluding hydrogens is 310 g/mol. The third kappa shape index (κ3) is 2.63. The first-order valence-corrected chi connectivity index (χ1v) is 6.40. The van der Waals surface area contributed by atoms with Crippen LogP contribution in [0.3, 0.4) is 0 Å². The van der Waals surface area contributed by atoms with E-state index >= 15 is 0 Å². The molecule has 0 radical (unpaired) electrons. The van der Waals surface area contributed by atoms with Crippen LogP contribution in [0.25, 0.3) is 11.3 Å². The smallest absolute Gasteiger partial charge is 0.341 e. The molecule has 2 heterocycles. The Hall–Kier alpha value is -3.23. The standard InChI is InChI=1S/C14H10F2N4O3/c1-23-14(22)9-6-20(5-8-12(9)17-18-13(8)21)19-11-3-2-7(15)4-10(11)16/h2-6,19H,1H3,(H,18,21). The first-order valence-electron chi connectivity index (χ1n) is 6.40. The quantitative estimate of drug-likeness (QED) is 0.716. The number of nitrogens with zero attached hydrogens (tertiary/aromatic N) is 2. The molecule has 0 saturated heterocycles. The van der Waals surface area contributed by atoms with E-state index in [1.807, 2.05) is 0 Å². The molecule has 0 aromatic heterocycles. The number of H-pyrrole nitrogens is 1. The van der Waals surface area contributed by atoms with E-state index in [2.05, 4.69) is 20.4 Å². The fraction of sp³-hybridized carbons (Fsp3) is 0.0714. The zero-order chi connectivity index (χ0) is 16.6. The number of carbonyl (C=O) groups excluding carboxylic acids is 1. The zero-order valence-electron chi connectivity index (χ0n) is 11.8. The second-order valence-corrected chi connectivity index (χ2v) is 4.62. The van der Waals surface area contributed by atoms with E-state index in [1.165, 1.54) is 30.2 Å². The van der Waals surface area contributed by atoms with Gasteiger partial charge in [0.05, 0.1) is 18.4 Å². The SMILES string of the molecule is COC(=O)c1cn(Nc2ccc(F)cc2F)cc2c(=O)[nH]nc1-2. The Balaban J connectivity index is 2.10.